The highest BCUT2D eigenvalue weighted by molar-refractivity contribution is 4.96. The first-order valence-corrected chi connectivity index (χ1v) is 5.75. The molecule has 1 aromatic heterocycles. The maximum Gasteiger partial charge on any atom is 0.0831 e. The van der Waals surface area contributed by atoms with Crippen molar-refractivity contribution in [2.45, 2.75) is 32.0 Å². The van der Waals surface area contributed by atoms with Gasteiger partial charge in [0.25, 0.3) is 0 Å². The number of nitrogens with zero attached hydrogens (tertiary/aromatic N) is 1. The van der Waals surface area contributed by atoms with E-state index in [9.17, 15) is 0 Å². The van der Waals surface area contributed by atoms with E-state index in [0.29, 0.717) is 6.04 Å². The van der Waals surface area contributed by atoms with Crippen LogP contribution < -0.4 is 5.32 Å². The van der Waals surface area contributed by atoms with E-state index in [-0.39, 0.29) is 6.10 Å². The average Bonchev–Trinajstić information content (AvgIpc) is 2.96. The second-order valence-electron chi connectivity index (χ2n) is 4.18. The summed E-state index contributed by atoms with van der Waals surface area (Å²) < 4.78 is 11.0. The molecule has 0 aromatic carbocycles. The first-order chi connectivity index (χ1) is 7.84. The summed E-state index contributed by atoms with van der Waals surface area (Å²) in [5, 5.41) is 10.2. The molecule has 2 heterocycles. The summed E-state index contributed by atoms with van der Waals surface area (Å²) in [7, 11) is 0. The van der Waals surface area contributed by atoms with Gasteiger partial charge in [-0.3, -0.25) is 5.10 Å². The summed E-state index contributed by atoms with van der Waals surface area (Å²) >= 11 is 0. The molecule has 0 radical (unpaired) electrons. The van der Waals surface area contributed by atoms with Gasteiger partial charge < -0.3 is 14.8 Å². The zero-order valence-corrected chi connectivity index (χ0v) is 9.61. The maximum absolute atomic E-state index is 5.72. The highest BCUT2D eigenvalue weighted by atomic mass is 16.5. The van der Waals surface area contributed by atoms with Gasteiger partial charge in [-0.15, -0.1) is 0 Å². The van der Waals surface area contributed by atoms with Crippen molar-refractivity contribution in [1.82, 2.24) is 15.5 Å². The average molecular weight is 225 g/mol. The number of rotatable bonds is 6. The van der Waals surface area contributed by atoms with E-state index in [1.54, 1.807) is 6.20 Å². The molecule has 90 valence electrons. The molecule has 2 atom stereocenters. The second kappa shape index (κ2) is 5.98. The predicted octanol–water partition coefficient (Wildman–Crippen LogP) is 0.693. The quantitative estimate of drug-likeness (QED) is 0.748. The van der Waals surface area contributed by atoms with Gasteiger partial charge in [0.1, 0.15) is 0 Å². The van der Waals surface area contributed by atoms with Crippen LogP contribution >= 0.6 is 0 Å². The third-order valence-electron chi connectivity index (χ3n) is 2.67. The monoisotopic (exact) mass is 225 g/mol. The van der Waals surface area contributed by atoms with Crippen molar-refractivity contribution in [2.75, 3.05) is 19.8 Å². The minimum atomic E-state index is 0.288. The van der Waals surface area contributed by atoms with Gasteiger partial charge in [0.2, 0.25) is 0 Å². The minimum Gasteiger partial charge on any atom is -0.379 e. The largest absolute Gasteiger partial charge is 0.379 e. The molecule has 0 spiro atoms. The lowest BCUT2D eigenvalue weighted by molar-refractivity contribution is 0.0322. The first kappa shape index (κ1) is 11.6. The van der Waals surface area contributed by atoms with Crippen LogP contribution in [0.2, 0.25) is 0 Å². The van der Waals surface area contributed by atoms with E-state index in [4.69, 9.17) is 9.47 Å². The van der Waals surface area contributed by atoms with Crippen LogP contribution in [0.4, 0.5) is 0 Å². The smallest absolute Gasteiger partial charge is 0.0831 e. The van der Waals surface area contributed by atoms with Gasteiger partial charge in [0.05, 0.1) is 19.3 Å². The van der Waals surface area contributed by atoms with Gasteiger partial charge in [-0.1, -0.05) is 0 Å². The molecule has 1 saturated heterocycles. The molecular formula is C11H19N3O2. The minimum absolute atomic E-state index is 0.288. The third-order valence-corrected chi connectivity index (χ3v) is 2.67. The van der Waals surface area contributed by atoms with Gasteiger partial charge >= 0.3 is 0 Å². The van der Waals surface area contributed by atoms with Gasteiger partial charge in [-0.2, -0.15) is 5.10 Å². The lowest BCUT2D eigenvalue weighted by Gasteiger charge is -2.16. The number of aromatic amines is 1. The van der Waals surface area contributed by atoms with Crippen molar-refractivity contribution in [3.8, 4) is 0 Å². The molecule has 1 fully saturated rings. The molecule has 5 heteroatoms. The highest BCUT2D eigenvalue weighted by Gasteiger charge is 2.16. The van der Waals surface area contributed by atoms with Gasteiger partial charge in [-0.25, -0.2) is 0 Å². The molecule has 2 N–H and O–H groups in total. The molecule has 0 aliphatic carbocycles. The molecule has 2 unspecified atom stereocenters. The fourth-order valence-electron chi connectivity index (χ4n) is 1.65. The van der Waals surface area contributed by atoms with Crippen LogP contribution in [0.5, 0.6) is 0 Å². The predicted molar refractivity (Wildman–Crippen MR) is 60.1 cm³/mol. The molecule has 0 amide bonds. The summed E-state index contributed by atoms with van der Waals surface area (Å²) in [6, 6.07) is 2.30. The van der Waals surface area contributed by atoms with E-state index < -0.39 is 0 Å². The Morgan fingerprint density at radius 1 is 1.75 bits per heavy atom. The molecule has 16 heavy (non-hydrogen) atoms. The van der Waals surface area contributed by atoms with Crippen molar-refractivity contribution in [3.63, 3.8) is 0 Å². The topological polar surface area (TPSA) is 59.2 Å². The first-order valence-electron chi connectivity index (χ1n) is 5.75. The summed E-state index contributed by atoms with van der Waals surface area (Å²) in [5.41, 5.74) is 1.09. The molecule has 0 bridgehead atoms. The van der Waals surface area contributed by atoms with Gasteiger partial charge in [0.15, 0.2) is 0 Å². The number of aromatic nitrogens is 2. The van der Waals surface area contributed by atoms with E-state index in [1.165, 1.54) is 0 Å². The van der Waals surface area contributed by atoms with Crippen LogP contribution in [0.1, 0.15) is 19.0 Å². The molecule has 0 saturated carbocycles. The molecule has 1 aromatic rings. The molecular weight excluding hydrogens is 206 g/mol. The van der Waals surface area contributed by atoms with Crippen molar-refractivity contribution in [3.05, 3.63) is 18.0 Å². The number of H-pyrrole nitrogens is 1. The fourth-order valence-corrected chi connectivity index (χ4v) is 1.65. The van der Waals surface area contributed by atoms with E-state index >= 15 is 0 Å². The normalized spacial score (nSPS) is 22.4. The SMILES string of the molecule is CC(COC1CCOC1)NCc1ccn[nH]1. The Bertz CT molecular complexity index is 283. The van der Waals surface area contributed by atoms with Crippen molar-refractivity contribution < 1.29 is 9.47 Å². The van der Waals surface area contributed by atoms with Crippen molar-refractivity contribution in [2.24, 2.45) is 0 Å². The van der Waals surface area contributed by atoms with E-state index in [1.807, 2.05) is 6.07 Å². The zero-order valence-electron chi connectivity index (χ0n) is 9.61. The number of hydrogen-bond acceptors (Lipinski definition) is 4. The lowest BCUT2D eigenvalue weighted by atomic mass is 10.3. The molecule has 1 aliphatic rings. The van der Waals surface area contributed by atoms with Crippen LogP contribution in [-0.4, -0.2) is 42.2 Å². The Balaban J connectivity index is 1.58. The zero-order chi connectivity index (χ0) is 11.2. The number of nitrogens with one attached hydrogen (secondary N) is 2. The van der Waals surface area contributed by atoms with Crippen LogP contribution in [0, 0.1) is 0 Å². The number of hydrogen-bond donors (Lipinski definition) is 2. The van der Waals surface area contributed by atoms with E-state index in [2.05, 4.69) is 22.4 Å². The Hall–Kier alpha value is -0.910. The molecule has 2 rings (SSSR count). The van der Waals surface area contributed by atoms with Gasteiger partial charge in [0, 0.05) is 31.1 Å². The fraction of sp³-hybridized carbons (Fsp3) is 0.727. The van der Waals surface area contributed by atoms with Crippen LogP contribution in [-0.2, 0) is 16.0 Å². The third kappa shape index (κ3) is 3.59. The van der Waals surface area contributed by atoms with Crippen LogP contribution in [0.25, 0.3) is 0 Å². The maximum atomic E-state index is 5.72. The highest BCUT2D eigenvalue weighted by Crippen LogP contribution is 2.08. The number of ether oxygens (including phenoxy) is 2. The molecule has 1 aliphatic heterocycles. The Labute approximate surface area is 95.5 Å². The van der Waals surface area contributed by atoms with Crippen molar-refractivity contribution in [1.29, 1.82) is 0 Å². The standard InChI is InChI=1S/C11H19N3O2/c1-9(7-16-11-3-5-15-8-11)12-6-10-2-4-13-14-10/h2,4,9,11-12H,3,5-8H2,1H3,(H,13,14). The summed E-state index contributed by atoms with van der Waals surface area (Å²) in [5.74, 6) is 0. The summed E-state index contributed by atoms with van der Waals surface area (Å²) in [6.45, 7) is 5.22. The summed E-state index contributed by atoms with van der Waals surface area (Å²) in [4.78, 5) is 0. The van der Waals surface area contributed by atoms with Gasteiger partial charge in [-0.05, 0) is 19.4 Å². The Morgan fingerprint density at radius 3 is 3.38 bits per heavy atom. The molecule has 5 nitrogen and oxygen atoms in total. The second-order valence-corrected chi connectivity index (χ2v) is 4.18. The summed E-state index contributed by atoms with van der Waals surface area (Å²) in [6.07, 6.45) is 3.07. The van der Waals surface area contributed by atoms with E-state index in [0.717, 1.165) is 38.5 Å². The van der Waals surface area contributed by atoms with Crippen LogP contribution in [0.15, 0.2) is 12.3 Å². The lowest BCUT2D eigenvalue weighted by Crippen LogP contribution is -2.32. The Morgan fingerprint density at radius 2 is 2.69 bits per heavy atom. The Kier molecular flexibility index (Phi) is 4.33. The van der Waals surface area contributed by atoms with Crippen LogP contribution in [0.3, 0.4) is 0 Å². The van der Waals surface area contributed by atoms with Crippen molar-refractivity contribution >= 4 is 0 Å².